The zero-order valence-corrected chi connectivity index (χ0v) is 21.0. The van der Waals surface area contributed by atoms with Crippen LogP contribution < -0.4 is 5.32 Å². The second-order valence-electron chi connectivity index (χ2n) is 9.39. The minimum absolute atomic E-state index is 0.0841. The summed E-state index contributed by atoms with van der Waals surface area (Å²) in [5.74, 6) is -0.479. The fourth-order valence-electron chi connectivity index (χ4n) is 4.47. The number of hydrogen-bond acceptors (Lipinski definition) is 5. The summed E-state index contributed by atoms with van der Waals surface area (Å²) in [5, 5.41) is 12.6. The second-order valence-corrected chi connectivity index (χ2v) is 9.82. The molecule has 1 aliphatic heterocycles. The van der Waals surface area contributed by atoms with Gasteiger partial charge < -0.3 is 15.0 Å². The fourth-order valence-corrected chi connectivity index (χ4v) is 4.67. The van der Waals surface area contributed by atoms with Crippen LogP contribution in [0.1, 0.15) is 60.6 Å². The summed E-state index contributed by atoms with van der Waals surface area (Å²) in [6.45, 7) is 4.71. The van der Waals surface area contributed by atoms with Crippen molar-refractivity contribution in [2.24, 2.45) is 11.3 Å². The van der Waals surface area contributed by atoms with E-state index in [0.717, 1.165) is 18.4 Å². The Bertz CT molecular complexity index is 1120. The molecule has 2 amide bonds. The van der Waals surface area contributed by atoms with Crippen LogP contribution in [0.15, 0.2) is 48.5 Å². The van der Waals surface area contributed by atoms with Crippen molar-refractivity contribution < 1.29 is 19.1 Å². The highest BCUT2D eigenvalue weighted by atomic mass is 35.5. The van der Waals surface area contributed by atoms with Gasteiger partial charge in [-0.1, -0.05) is 23.7 Å². The smallest absolute Gasteiger partial charge is 0.305 e. The highest BCUT2D eigenvalue weighted by Crippen LogP contribution is 2.37. The van der Waals surface area contributed by atoms with Crippen LogP contribution in [-0.4, -0.2) is 42.9 Å². The Morgan fingerprint density at radius 3 is 2.40 bits per heavy atom. The molecule has 35 heavy (non-hydrogen) atoms. The number of amides is 2. The largest absolute Gasteiger partial charge is 0.469 e. The molecule has 2 aromatic carbocycles. The van der Waals surface area contributed by atoms with Gasteiger partial charge in [-0.3, -0.25) is 14.4 Å². The Balaban J connectivity index is 1.82. The van der Waals surface area contributed by atoms with E-state index in [1.807, 2.05) is 26.0 Å². The molecule has 3 rings (SSSR count). The lowest BCUT2D eigenvalue weighted by Gasteiger charge is -2.40. The van der Waals surface area contributed by atoms with Crippen LogP contribution in [0.3, 0.4) is 0 Å². The van der Waals surface area contributed by atoms with Crippen molar-refractivity contribution >= 4 is 29.4 Å². The zero-order chi connectivity index (χ0) is 25.6. The molecular formula is C27H30ClN3O4. The molecule has 1 heterocycles. The van der Waals surface area contributed by atoms with E-state index in [-0.39, 0.29) is 23.7 Å². The van der Waals surface area contributed by atoms with E-state index in [1.54, 1.807) is 47.4 Å². The van der Waals surface area contributed by atoms with Gasteiger partial charge in [0.15, 0.2) is 0 Å². The summed E-state index contributed by atoms with van der Waals surface area (Å²) in [4.78, 5) is 40.3. The van der Waals surface area contributed by atoms with Gasteiger partial charge >= 0.3 is 5.97 Å². The van der Waals surface area contributed by atoms with Gasteiger partial charge in [0.2, 0.25) is 5.91 Å². The monoisotopic (exact) mass is 495 g/mol. The minimum atomic E-state index is -0.984. The number of likely N-dealkylation sites (tertiary alicyclic amines) is 1. The average Bonchev–Trinajstić information content (AvgIpc) is 2.87. The lowest BCUT2D eigenvalue weighted by atomic mass is 9.78. The molecule has 0 aliphatic carbocycles. The standard InChI is InChI=1S/C27H30ClN3O4/c1-27(2,26(34)31-13-11-18(12-14-31)15-23(32)35-3)24(21-5-4-6-22(28)16-21)30-25(33)20-9-7-19(17-29)8-10-20/h4-10,16,18,24H,11-15H2,1-3H3,(H,30,33). The Morgan fingerprint density at radius 1 is 1.17 bits per heavy atom. The number of nitriles is 1. The van der Waals surface area contributed by atoms with E-state index in [1.165, 1.54) is 7.11 Å². The molecular weight excluding hydrogens is 466 g/mol. The highest BCUT2D eigenvalue weighted by molar-refractivity contribution is 6.30. The molecule has 1 N–H and O–H groups in total. The summed E-state index contributed by atoms with van der Waals surface area (Å²) >= 11 is 6.25. The SMILES string of the molecule is COC(=O)CC1CCN(C(=O)C(C)(C)C(NC(=O)c2ccc(C#N)cc2)c2cccc(Cl)c2)CC1. The van der Waals surface area contributed by atoms with Crippen LogP contribution >= 0.6 is 11.6 Å². The van der Waals surface area contributed by atoms with Crippen molar-refractivity contribution in [3.8, 4) is 6.07 Å². The molecule has 7 nitrogen and oxygen atoms in total. The topological polar surface area (TPSA) is 99.5 Å². The van der Waals surface area contributed by atoms with E-state index in [2.05, 4.69) is 5.32 Å². The third-order valence-electron chi connectivity index (χ3n) is 6.59. The van der Waals surface area contributed by atoms with Crippen LogP contribution in [0, 0.1) is 22.7 Å². The normalized spacial score (nSPS) is 15.1. The maximum Gasteiger partial charge on any atom is 0.305 e. The summed E-state index contributed by atoms with van der Waals surface area (Å²) in [5.41, 5.74) is 0.586. The lowest BCUT2D eigenvalue weighted by Crippen LogP contribution is -2.51. The van der Waals surface area contributed by atoms with Gasteiger partial charge in [-0.15, -0.1) is 0 Å². The van der Waals surface area contributed by atoms with E-state index in [9.17, 15) is 14.4 Å². The Morgan fingerprint density at radius 2 is 1.83 bits per heavy atom. The Labute approximate surface area is 211 Å². The van der Waals surface area contributed by atoms with Gasteiger partial charge in [-0.05, 0) is 74.6 Å². The second kappa shape index (κ2) is 11.4. The number of nitrogens with one attached hydrogen (secondary N) is 1. The first kappa shape index (κ1) is 26.2. The number of carbonyl (C=O) groups excluding carboxylic acids is 3. The Kier molecular flexibility index (Phi) is 8.52. The quantitative estimate of drug-likeness (QED) is 0.569. The third kappa shape index (κ3) is 6.40. The number of carbonyl (C=O) groups is 3. The molecule has 184 valence electrons. The first-order valence-electron chi connectivity index (χ1n) is 11.6. The van der Waals surface area contributed by atoms with Crippen molar-refractivity contribution in [1.82, 2.24) is 10.2 Å². The van der Waals surface area contributed by atoms with Crippen LogP contribution in [0.25, 0.3) is 0 Å². The van der Waals surface area contributed by atoms with Gasteiger partial charge in [0.05, 0.1) is 30.2 Å². The first-order valence-corrected chi connectivity index (χ1v) is 12.0. The molecule has 0 aromatic heterocycles. The number of hydrogen-bond donors (Lipinski definition) is 1. The summed E-state index contributed by atoms with van der Waals surface area (Å²) < 4.78 is 4.77. The molecule has 1 aliphatic rings. The van der Waals surface area contributed by atoms with E-state index in [4.69, 9.17) is 21.6 Å². The van der Waals surface area contributed by atoms with Crippen molar-refractivity contribution in [3.05, 3.63) is 70.2 Å². The van der Waals surface area contributed by atoms with E-state index >= 15 is 0 Å². The highest BCUT2D eigenvalue weighted by Gasteiger charge is 2.42. The molecule has 0 bridgehead atoms. The molecule has 1 atom stereocenters. The van der Waals surface area contributed by atoms with Gasteiger partial charge in [0, 0.05) is 30.1 Å². The van der Waals surface area contributed by atoms with Crippen LogP contribution in [0.2, 0.25) is 5.02 Å². The number of nitrogens with zero attached hydrogens (tertiary/aromatic N) is 2. The molecule has 2 aromatic rings. The van der Waals surface area contributed by atoms with Crippen molar-refractivity contribution in [1.29, 1.82) is 5.26 Å². The molecule has 8 heteroatoms. The van der Waals surface area contributed by atoms with Gasteiger partial charge in [-0.25, -0.2) is 0 Å². The number of piperidine rings is 1. The van der Waals surface area contributed by atoms with Crippen molar-refractivity contribution in [2.45, 2.75) is 39.2 Å². The maximum absolute atomic E-state index is 13.7. The number of halogens is 1. The number of rotatable bonds is 7. The summed E-state index contributed by atoms with van der Waals surface area (Å²) in [6, 6.07) is 14.8. The van der Waals surface area contributed by atoms with Crippen LogP contribution in [-0.2, 0) is 14.3 Å². The molecule has 1 saturated heterocycles. The van der Waals surface area contributed by atoms with Crippen molar-refractivity contribution in [2.75, 3.05) is 20.2 Å². The summed E-state index contributed by atoms with van der Waals surface area (Å²) in [7, 11) is 1.38. The predicted molar refractivity (Wildman–Crippen MR) is 133 cm³/mol. The third-order valence-corrected chi connectivity index (χ3v) is 6.83. The Hall–Kier alpha value is -3.37. The van der Waals surface area contributed by atoms with Gasteiger partial charge in [-0.2, -0.15) is 5.26 Å². The zero-order valence-electron chi connectivity index (χ0n) is 20.2. The maximum atomic E-state index is 13.7. The van der Waals surface area contributed by atoms with Crippen molar-refractivity contribution in [3.63, 3.8) is 0 Å². The molecule has 1 fully saturated rings. The molecule has 0 spiro atoms. The number of ether oxygens (including phenoxy) is 1. The van der Waals surface area contributed by atoms with E-state index < -0.39 is 11.5 Å². The number of methoxy groups -OCH3 is 1. The molecule has 0 radical (unpaired) electrons. The fraction of sp³-hybridized carbons (Fsp3) is 0.407. The van der Waals surface area contributed by atoms with Gasteiger partial charge in [0.25, 0.3) is 5.91 Å². The van der Waals surface area contributed by atoms with E-state index in [0.29, 0.717) is 35.7 Å². The predicted octanol–water partition coefficient (Wildman–Crippen LogP) is 4.51. The van der Waals surface area contributed by atoms with Crippen LogP contribution in [0.5, 0.6) is 0 Å². The lowest BCUT2D eigenvalue weighted by molar-refractivity contribution is -0.144. The first-order chi connectivity index (χ1) is 16.6. The molecule has 1 unspecified atom stereocenters. The molecule has 0 saturated carbocycles. The summed E-state index contributed by atoms with van der Waals surface area (Å²) in [6.07, 6.45) is 1.79. The number of benzene rings is 2. The number of esters is 1. The van der Waals surface area contributed by atoms with Crippen LogP contribution in [0.4, 0.5) is 0 Å². The van der Waals surface area contributed by atoms with Gasteiger partial charge in [0.1, 0.15) is 0 Å². The minimum Gasteiger partial charge on any atom is -0.469 e. The average molecular weight is 496 g/mol.